The number of anilines is 1. The van der Waals surface area contributed by atoms with E-state index in [9.17, 15) is 4.79 Å². The number of hydrogen-bond acceptors (Lipinski definition) is 3. The highest BCUT2D eigenvalue weighted by Crippen LogP contribution is 2.20. The molecule has 0 spiro atoms. The minimum Gasteiger partial charge on any atom is -0.329 e. The molecule has 4 nitrogen and oxygen atoms in total. The van der Waals surface area contributed by atoms with Gasteiger partial charge in [0.05, 0.1) is 6.54 Å². The second-order valence-corrected chi connectivity index (χ2v) is 5.70. The van der Waals surface area contributed by atoms with Crippen LogP contribution in [0.5, 0.6) is 0 Å². The van der Waals surface area contributed by atoms with E-state index in [0.29, 0.717) is 19.1 Å². The molecule has 1 aliphatic rings. The molecule has 1 heterocycles. The smallest absolute Gasteiger partial charge is 0.241 e. The van der Waals surface area contributed by atoms with Crippen LogP contribution >= 0.6 is 12.4 Å². The van der Waals surface area contributed by atoms with E-state index < -0.39 is 0 Å². The SMILES string of the molecule is CC(C)N(C(=O)CN1CCCC1CN)c1ccccc1.Cl. The van der Waals surface area contributed by atoms with Gasteiger partial charge in [0.15, 0.2) is 0 Å². The maximum absolute atomic E-state index is 12.6. The molecule has 2 rings (SSSR count). The Morgan fingerprint density at radius 3 is 2.62 bits per heavy atom. The van der Waals surface area contributed by atoms with E-state index in [4.69, 9.17) is 5.73 Å². The minimum absolute atomic E-state index is 0. The van der Waals surface area contributed by atoms with Crippen molar-refractivity contribution in [1.29, 1.82) is 0 Å². The molecule has 21 heavy (non-hydrogen) atoms. The van der Waals surface area contributed by atoms with Crippen LogP contribution in [0.2, 0.25) is 0 Å². The normalized spacial score (nSPS) is 18.6. The topological polar surface area (TPSA) is 49.6 Å². The summed E-state index contributed by atoms with van der Waals surface area (Å²) in [5.41, 5.74) is 6.75. The number of nitrogens with zero attached hydrogens (tertiary/aromatic N) is 2. The van der Waals surface area contributed by atoms with Crippen LogP contribution < -0.4 is 10.6 Å². The van der Waals surface area contributed by atoms with E-state index in [0.717, 1.165) is 25.1 Å². The molecule has 0 radical (unpaired) electrons. The number of carbonyl (C=O) groups excluding carboxylic acids is 1. The fourth-order valence-electron chi connectivity index (χ4n) is 2.94. The van der Waals surface area contributed by atoms with Crippen molar-refractivity contribution >= 4 is 24.0 Å². The van der Waals surface area contributed by atoms with Crippen molar-refractivity contribution in [1.82, 2.24) is 4.90 Å². The maximum Gasteiger partial charge on any atom is 0.241 e. The summed E-state index contributed by atoms with van der Waals surface area (Å²) in [7, 11) is 0. The van der Waals surface area contributed by atoms with Gasteiger partial charge in [-0.05, 0) is 45.4 Å². The highest BCUT2D eigenvalue weighted by molar-refractivity contribution is 5.95. The van der Waals surface area contributed by atoms with Crippen molar-refractivity contribution in [2.45, 2.75) is 38.8 Å². The lowest BCUT2D eigenvalue weighted by Crippen LogP contribution is -2.46. The average molecular weight is 312 g/mol. The van der Waals surface area contributed by atoms with Crippen LogP contribution in [0.25, 0.3) is 0 Å². The zero-order chi connectivity index (χ0) is 14.5. The van der Waals surface area contributed by atoms with Gasteiger partial charge in [0.1, 0.15) is 0 Å². The van der Waals surface area contributed by atoms with E-state index in [-0.39, 0.29) is 24.4 Å². The van der Waals surface area contributed by atoms with Gasteiger partial charge in [0, 0.05) is 24.3 Å². The lowest BCUT2D eigenvalue weighted by molar-refractivity contribution is -0.120. The molecule has 1 atom stereocenters. The third-order valence-corrected chi connectivity index (χ3v) is 3.93. The molecule has 1 saturated heterocycles. The standard InChI is InChI=1S/C16H25N3O.ClH/c1-13(2)19(14-7-4-3-5-8-14)16(20)12-18-10-6-9-15(18)11-17;/h3-5,7-8,13,15H,6,9-12,17H2,1-2H3;1H. The summed E-state index contributed by atoms with van der Waals surface area (Å²) < 4.78 is 0. The summed E-state index contributed by atoms with van der Waals surface area (Å²) in [5.74, 6) is 0.159. The van der Waals surface area contributed by atoms with E-state index in [1.54, 1.807) is 0 Å². The molecular weight excluding hydrogens is 286 g/mol. The minimum atomic E-state index is 0. The number of nitrogens with two attached hydrogens (primary N) is 1. The monoisotopic (exact) mass is 311 g/mol. The van der Waals surface area contributed by atoms with Crippen molar-refractivity contribution in [3.05, 3.63) is 30.3 Å². The third kappa shape index (κ3) is 4.43. The summed E-state index contributed by atoms with van der Waals surface area (Å²) in [6.07, 6.45) is 2.25. The molecule has 0 aromatic heterocycles. The molecule has 0 bridgehead atoms. The van der Waals surface area contributed by atoms with E-state index >= 15 is 0 Å². The number of halogens is 1. The first-order valence-corrected chi connectivity index (χ1v) is 7.44. The number of likely N-dealkylation sites (tertiary alicyclic amines) is 1. The summed E-state index contributed by atoms with van der Waals surface area (Å²) >= 11 is 0. The van der Waals surface area contributed by atoms with Crippen LogP contribution in [-0.4, -0.2) is 42.5 Å². The van der Waals surface area contributed by atoms with E-state index in [2.05, 4.69) is 18.7 Å². The van der Waals surface area contributed by atoms with Crippen LogP contribution in [0, 0.1) is 0 Å². The first kappa shape index (κ1) is 18.0. The Kier molecular flexibility index (Phi) is 7.15. The predicted molar refractivity (Wildman–Crippen MR) is 90.0 cm³/mol. The molecule has 1 unspecified atom stereocenters. The van der Waals surface area contributed by atoms with Crippen LogP contribution in [0.15, 0.2) is 30.3 Å². The van der Waals surface area contributed by atoms with Gasteiger partial charge in [-0.15, -0.1) is 12.4 Å². The molecule has 1 aliphatic heterocycles. The number of rotatable bonds is 5. The summed E-state index contributed by atoms with van der Waals surface area (Å²) in [6, 6.07) is 10.4. The average Bonchev–Trinajstić information content (AvgIpc) is 2.86. The predicted octanol–water partition coefficient (Wildman–Crippen LogP) is 2.27. The zero-order valence-electron chi connectivity index (χ0n) is 12.9. The zero-order valence-corrected chi connectivity index (χ0v) is 13.7. The van der Waals surface area contributed by atoms with Gasteiger partial charge in [-0.2, -0.15) is 0 Å². The lowest BCUT2D eigenvalue weighted by atomic mass is 10.2. The molecule has 1 fully saturated rings. The van der Waals surface area contributed by atoms with Gasteiger partial charge in [0.25, 0.3) is 0 Å². The van der Waals surface area contributed by atoms with Crippen LogP contribution in [-0.2, 0) is 4.79 Å². The molecule has 0 saturated carbocycles. The number of amides is 1. The third-order valence-electron chi connectivity index (χ3n) is 3.93. The Bertz CT molecular complexity index is 438. The summed E-state index contributed by atoms with van der Waals surface area (Å²) in [4.78, 5) is 16.7. The Labute approximate surface area is 133 Å². The second kappa shape index (κ2) is 8.37. The summed E-state index contributed by atoms with van der Waals surface area (Å²) in [5, 5.41) is 0. The quantitative estimate of drug-likeness (QED) is 0.907. The highest BCUT2D eigenvalue weighted by atomic mass is 35.5. The molecule has 1 aromatic carbocycles. The molecule has 1 aromatic rings. The van der Waals surface area contributed by atoms with Crippen molar-refractivity contribution in [3.8, 4) is 0 Å². The van der Waals surface area contributed by atoms with Gasteiger partial charge >= 0.3 is 0 Å². The van der Waals surface area contributed by atoms with Crippen molar-refractivity contribution in [2.24, 2.45) is 5.73 Å². The molecule has 1 amide bonds. The van der Waals surface area contributed by atoms with Crippen LogP contribution in [0.3, 0.4) is 0 Å². The van der Waals surface area contributed by atoms with Gasteiger partial charge in [0.2, 0.25) is 5.91 Å². The van der Waals surface area contributed by atoms with E-state index in [1.807, 2.05) is 35.2 Å². The maximum atomic E-state index is 12.6. The molecular formula is C16H26ClN3O. The Hall–Kier alpha value is -1.10. The molecule has 5 heteroatoms. The Morgan fingerprint density at radius 2 is 2.05 bits per heavy atom. The highest BCUT2D eigenvalue weighted by Gasteiger charge is 2.28. The fraction of sp³-hybridized carbons (Fsp3) is 0.562. The van der Waals surface area contributed by atoms with Gasteiger partial charge < -0.3 is 10.6 Å². The molecule has 0 aliphatic carbocycles. The first-order chi connectivity index (χ1) is 9.63. The van der Waals surface area contributed by atoms with Gasteiger partial charge in [-0.3, -0.25) is 9.69 Å². The van der Waals surface area contributed by atoms with Crippen molar-refractivity contribution in [3.63, 3.8) is 0 Å². The van der Waals surface area contributed by atoms with Gasteiger partial charge in [-0.1, -0.05) is 18.2 Å². The van der Waals surface area contributed by atoms with Crippen molar-refractivity contribution < 1.29 is 4.79 Å². The number of benzene rings is 1. The molecule has 118 valence electrons. The first-order valence-electron chi connectivity index (χ1n) is 7.44. The largest absolute Gasteiger partial charge is 0.329 e. The fourth-order valence-corrected chi connectivity index (χ4v) is 2.94. The second-order valence-electron chi connectivity index (χ2n) is 5.70. The summed E-state index contributed by atoms with van der Waals surface area (Å²) in [6.45, 7) is 6.19. The van der Waals surface area contributed by atoms with Crippen LogP contribution in [0.1, 0.15) is 26.7 Å². The number of hydrogen-bond donors (Lipinski definition) is 1. The molecule has 2 N–H and O–H groups in total. The van der Waals surface area contributed by atoms with E-state index in [1.165, 1.54) is 0 Å². The Balaban J connectivity index is 0.00000220. The van der Waals surface area contributed by atoms with Crippen molar-refractivity contribution in [2.75, 3.05) is 24.5 Å². The Morgan fingerprint density at radius 1 is 1.38 bits per heavy atom. The lowest BCUT2D eigenvalue weighted by Gasteiger charge is -2.30. The van der Waals surface area contributed by atoms with Crippen LogP contribution in [0.4, 0.5) is 5.69 Å². The van der Waals surface area contributed by atoms with Gasteiger partial charge in [-0.25, -0.2) is 0 Å². The number of carbonyl (C=O) groups is 1. The number of para-hydroxylation sites is 1.